The van der Waals surface area contributed by atoms with Gasteiger partial charge in [-0.3, -0.25) is 9.44 Å². The summed E-state index contributed by atoms with van der Waals surface area (Å²) in [5, 5.41) is 10.3. The van der Waals surface area contributed by atoms with Gasteiger partial charge < -0.3 is 5.11 Å². The number of halogens is 6. The van der Waals surface area contributed by atoms with E-state index in [9.17, 15) is 21.9 Å². The average molecular weight is 661 g/mol. The summed E-state index contributed by atoms with van der Waals surface area (Å²) < 4.78 is 57.9. The molecule has 0 fully saturated rings. The van der Waals surface area contributed by atoms with Crippen LogP contribution < -0.4 is 9.44 Å². The van der Waals surface area contributed by atoms with Crippen molar-refractivity contribution >= 4 is 112 Å². The van der Waals surface area contributed by atoms with Gasteiger partial charge in [0.1, 0.15) is 5.75 Å². The summed E-state index contributed by atoms with van der Waals surface area (Å²) >= 11 is 35.8. The number of nitrogens with one attached hydrogen (secondary N) is 2. The van der Waals surface area contributed by atoms with Crippen LogP contribution in [0, 0.1) is 0 Å². The van der Waals surface area contributed by atoms with Crippen molar-refractivity contribution in [1.29, 1.82) is 0 Å². The molecule has 0 saturated heterocycles. The van der Waals surface area contributed by atoms with Gasteiger partial charge in [0.2, 0.25) is 0 Å². The van der Waals surface area contributed by atoms with Crippen LogP contribution in [0.4, 0.5) is 11.4 Å². The van der Waals surface area contributed by atoms with Gasteiger partial charge in [0.15, 0.2) is 0 Å². The molecule has 0 aliphatic heterocycles. The van der Waals surface area contributed by atoms with E-state index in [-0.39, 0.29) is 58.0 Å². The Morgan fingerprint density at radius 2 is 1.05 bits per heavy atom. The van der Waals surface area contributed by atoms with E-state index in [1.807, 2.05) is 0 Å². The fourth-order valence-electron chi connectivity index (χ4n) is 3.32. The van der Waals surface area contributed by atoms with Crippen LogP contribution in [-0.2, 0) is 20.0 Å². The summed E-state index contributed by atoms with van der Waals surface area (Å²) in [5.41, 5.74) is -0.0253. The molecule has 0 aliphatic rings. The molecule has 4 aromatic carbocycles. The van der Waals surface area contributed by atoms with Gasteiger partial charge in [-0.1, -0.05) is 75.7 Å². The van der Waals surface area contributed by atoms with Crippen molar-refractivity contribution in [1.82, 2.24) is 0 Å². The lowest BCUT2D eigenvalue weighted by molar-refractivity contribution is 0.476. The third-order valence-corrected chi connectivity index (χ3v) is 10.1. The number of benzene rings is 4. The van der Waals surface area contributed by atoms with Gasteiger partial charge in [0, 0.05) is 5.39 Å². The Bertz CT molecular complexity index is 1750. The number of fused-ring (bicyclic) bond motifs is 1. The standard InChI is InChI=1S/C22H12Cl6N2O5S2/c23-16-4-11(5-17(24)21(16)27)29-36(32,33)14-3-10-1-2-13(31)8-15(10)20(9-14)37(34,35)30-12-6-18(25)22(28)19(26)7-12/h1-9,29-31H. The van der Waals surface area contributed by atoms with Crippen molar-refractivity contribution in [3.05, 3.63) is 84.7 Å². The molecule has 7 nitrogen and oxygen atoms in total. The minimum Gasteiger partial charge on any atom is -0.508 e. The second kappa shape index (κ2) is 10.4. The minimum absolute atomic E-state index is 0.00168. The van der Waals surface area contributed by atoms with Crippen molar-refractivity contribution in [3.63, 3.8) is 0 Å². The molecule has 0 atom stereocenters. The van der Waals surface area contributed by atoms with Crippen LogP contribution in [0.2, 0.25) is 30.1 Å². The lowest BCUT2D eigenvalue weighted by atomic mass is 10.1. The highest BCUT2D eigenvalue weighted by molar-refractivity contribution is 7.93. The van der Waals surface area contributed by atoms with Gasteiger partial charge in [-0.2, -0.15) is 0 Å². The number of phenols is 1. The average Bonchev–Trinajstić information content (AvgIpc) is 2.79. The topological polar surface area (TPSA) is 113 Å². The molecule has 0 spiro atoms. The Hall–Kier alpha value is -1.82. The van der Waals surface area contributed by atoms with Gasteiger partial charge in [-0.25, -0.2) is 16.8 Å². The van der Waals surface area contributed by atoms with E-state index < -0.39 is 29.8 Å². The molecule has 0 radical (unpaired) electrons. The summed E-state index contributed by atoms with van der Waals surface area (Å²) in [4.78, 5) is -0.851. The van der Waals surface area contributed by atoms with Crippen LogP contribution in [0.5, 0.6) is 5.75 Å². The molecule has 0 heterocycles. The molecular formula is C22H12Cl6N2O5S2. The van der Waals surface area contributed by atoms with Gasteiger partial charge in [-0.15, -0.1) is 0 Å². The summed E-state index contributed by atoms with van der Waals surface area (Å²) in [6, 6.07) is 11.0. The first-order chi connectivity index (χ1) is 17.2. The molecule has 194 valence electrons. The van der Waals surface area contributed by atoms with E-state index >= 15 is 0 Å². The lowest BCUT2D eigenvalue weighted by Crippen LogP contribution is -2.17. The van der Waals surface area contributed by atoms with Crippen molar-refractivity contribution in [2.45, 2.75) is 9.79 Å². The zero-order chi connectivity index (χ0) is 27.3. The third kappa shape index (κ3) is 5.94. The number of phenolic OH excluding ortho intramolecular Hbond substituents is 1. The predicted molar refractivity (Wildman–Crippen MR) is 150 cm³/mol. The van der Waals surface area contributed by atoms with E-state index in [4.69, 9.17) is 69.6 Å². The van der Waals surface area contributed by atoms with E-state index in [0.29, 0.717) is 0 Å². The van der Waals surface area contributed by atoms with Crippen molar-refractivity contribution in [2.75, 3.05) is 9.44 Å². The number of sulfonamides is 2. The maximum absolute atomic E-state index is 13.4. The van der Waals surface area contributed by atoms with E-state index in [0.717, 1.165) is 6.07 Å². The van der Waals surface area contributed by atoms with Crippen LogP contribution in [0.3, 0.4) is 0 Å². The molecule has 4 aromatic rings. The summed E-state index contributed by atoms with van der Waals surface area (Å²) in [6.45, 7) is 0. The van der Waals surface area contributed by atoms with E-state index in [2.05, 4.69) is 9.44 Å². The summed E-state index contributed by atoms with van der Waals surface area (Å²) in [5.74, 6) is -0.235. The number of hydrogen-bond donors (Lipinski definition) is 3. The molecule has 4 rings (SSSR count). The lowest BCUT2D eigenvalue weighted by Gasteiger charge is -2.15. The molecule has 0 bridgehead atoms. The molecule has 37 heavy (non-hydrogen) atoms. The Morgan fingerprint density at radius 3 is 1.54 bits per heavy atom. The zero-order valence-corrected chi connectivity index (χ0v) is 24.0. The predicted octanol–water partition coefficient (Wildman–Crippen LogP) is 8.07. The highest BCUT2D eigenvalue weighted by Crippen LogP contribution is 2.37. The van der Waals surface area contributed by atoms with E-state index in [1.54, 1.807) is 0 Å². The van der Waals surface area contributed by atoms with Gasteiger partial charge in [0.25, 0.3) is 20.0 Å². The molecule has 3 N–H and O–H groups in total. The van der Waals surface area contributed by atoms with Crippen molar-refractivity contribution < 1.29 is 21.9 Å². The number of hydrogen-bond acceptors (Lipinski definition) is 5. The van der Waals surface area contributed by atoms with Gasteiger partial charge >= 0.3 is 0 Å². The molecule has 0 saturated carbocycles. The molecular weight excluding hydrogens is 649 g/mol. The monoisotopic (exact) mass is 658 g/mol. The second-order valence-corrected chi connectivity index (χ2v) is 13.3. The number of anilines is 2. The second-order valence-electron chi connectivity index (χ2n) is 7.55. The third-order valence-electron chi connectivity index (χ3n) is 4.95. The molecule has 15 heteroatoms. The van der Waals surface area contributed by atoms with Crippen LogP contribution in [-0.4, -0.2) is 21.9 Å². The first-order valence-corrected chi connectivity index (χ1v) is 15.0. The smallest absolute Gasteiger partial charge is 0.262 e. The fraction of sp³-hybridized carbons (Fsp3) is 0. The van der Waals surface area contributed by atoms with Gasteiger partial charge in [0.05, 0.1) is 51.3 Å². The highest BCUT2D eigenvalue weighted by Gasteiger charge is 2.25. The quantitative estimate of drug-likeness (QED) is 0.181. The van der Waals surface area contributed by atoms with Crippen LogP contribution in [0.15, 0.2) is 64.4 Å². The molecule has 0 amide bonds. The SMILES string of the molecule is O=S(=O)(Nc1cc(Cl)c(Cl)c(Cl)c1)c1cc(S(=O)(=O)Nc2cc(Cl)c(Cl)c(Cl)c2)c2cc(O)ccc2c1. The van der Waals surface area contributed by atoms with E-state index in [1.165, 1.54) is 48.5 Å². The Labute approximate surface area is 241 Å². The van der Waals surface area contributed by atoms with Crippen molar-refractivity contribution in [2.24, 2.45) is 0 Å². The molecule has 0 aliphatic carbocycles. The van der Waals surface area contributed by atoms with Crippen LogP contribution in [0.25, 0.3) is 10.8 Å². The largest absolute Gasteiger partial charge is 0.508 e. The Morgan fingerprint density at radius 1 is 0.595 bits per heavy atom. The fourth-order valence-corrected chi connectivity index (χ4v) is 6.97. The Balaban J connectivity index is 1.85. The molecule has 0 unspecified atom stereocenters. The number of aromatic hydroxyl groups is 1. The highest BCUT2D eigenvalue weighted by atomic mass is 35.5. The normalized spacial score (nSPS) is 12.1. The van der Waals surface area contributed by atoms with Gasteiger partial charge in [-0.05, 0) is 53.9 Å². The first kappa shape index (κ1) is 28.2. The minimum atomic E-state index is -4.45. The maximum atomic E-state index is 13.4. The maximum Gasteiger partial charge on any atom is 0.262 e. The van der Waals surface area contributed by atoms with Crippen molar-refractivity contribution in [3.8, 4) is 5.75 Å². The number of rotatable bonds is 6. The van der Waals surface area contributed by atoms with Crippen LogP contribution in [0.1, 0.15) is 0 Å². The summed E-state index contributed by atoms with van der Waals surface area (Å²) in [7, 11) is -8.81. The Kier molecular flexibility index (Phi) is 7.92. The zero-order valence-electron chi connectivity index (χ0n) is 17.9. The molecule has 0 aromatic heterocycles. The summed E-state index contributed by atoms with van der Waals surface area (Å²) in [6.07, 6.45) is 0. The first-order valence-electron chi connectivity index (χ1n) is 9.79. The van der Waals surface area contributed by atoms with Crippen LogP contribution >= 0.6 is 69.6 Å².